The molecule has 7 heteroatoms. The maximum atomic E-state index is 13.5. The topological polar surface area (TPSA) is 83.7 Å². The lowest BCUT2D eigenvalue weighted by Crippen LogP contribution is -2.65. The molecule has 0 bridgehead atoms. The van der Waals surface area contributed by atoms with Gasteiger partial charge in [0.2, 0.25) is 5.82 Å². The van der Waals surface area contributed by atoms with Crippen molar-refractivity contribution in [1.82, 2.24) is 4.90 Å². The summed E-state index contributed by atoms with van der Waals surface area (Å²) in [5, 5.41) is 20.6. The average molecular weight is 282 g/mol. The van der Waals surface area contributed by atoms with E-state index in [2.05, 4.69) is 0 Å². The fraction of sp³-hybridized carbons (Fsp3) is 0.462. The van der Waals surface area contributed by atoms with Gasteiger partial charge in [-0.25, -0.2) is 0 Å². The zero-order chi connectivity index (χ0) is 15.1. The van der Waals surface area contributed by atoms with Gasteiger partial charge in [0.15, 0.2) is 0 Å². The van der Waals surface area contributed by atoms with Crippen molar-refractivity contribution < 1.29 is 19.2 Å². The van der Waals surface area contributed by atoms with Crippen LogP contribution < -0.4 is 0 Å². The van der Waals surface area contributed by atoms with Crippen LogP contribution in [0.2, 0.25) is 0 Å². The number of hydrogen-bond acceptors (Lipinski definition) is 4. The molecule has 1 aliphatic rings. The summed E-state index contributed by atoms with van der Waals surface area (Å²) in [6, 6.07) is 3.04. The predicted molar refractivity (Wildman–Crippen MR) is 68.7 cm³/mol. The van der Waals surface area contributed by atoms with E-state index in [0.29, 0.717) is 0 Å². The Kier molecular flexibility index (Phi) is 3.47. The lowest BCUT2D eigenvalue weighted by atomic mass is 9.82. The van der Waals surface area contributed by atoms with E-state index in [1.165, 1.54) is 11.0 Å². The Balaban J connectivity index is 2.12. The van der Waals surface area contributed by atoms with Crippen LogP contribution in [0.4, 0.5) is 10.1 Å². The minimum Gasteiger partial charge on any atom is -0.386 e. The highest BCUT2D eigenvalue weighted by Gasteiger charge is 2.46. The molecule has 1 aromatic carbocycles. The highest BCUT2D eigenvalue weighted by molar-refractivity contribution is 5.95. The number of carbonyl (C=O) groups excluding carboxylic acids is 1. The number of hydrogen-bond donors (Lipinski definition) is 1. The molecule has 1 saturated heterocycles. The Labute approximate surface area is 115 Å². The third kappa shape index (κ3) is 2.36. The zero-order valence-electron chi connectivity index (χ0n) is 11.2. The van der Waals surface area contributed by atoms with Crippen molar-refractivity contribution in [1.29, 1.82) is 0 Å². The van der Waals surface area contributed by atoms with Gasteiger partial charge < -0.3 is 10.0 Å². The SMILES string of the molecule is CC(C)C1(O)CN(C(=O)c2ccc([N+](=O)[O-])c(F)c2)C1. The minimum atomic E-state index is -1.04. The molecular formula is C13H15FN2O4. The van der Waals surface area contributed by atoms with Crippen molar-refractivity contribution in [2.75, 3.05) is 13.1 Å². The Bertz CT molecular complexity index is 567. The van der Waals surface area contributed by atoms with Crippen LogP contribution in [0.5, 0.6) is 0 Å². The molecule has 0 aliphatic carbocycles. The van der Waals surface area contributed by atoms with Gasteiger partial charge in [0.05, 0.1) is 18.0 Å². The first-order valence-electron chi connectivity index (χ1n) is 6.20. The number of benzene rings is 1. The Morgan fingerprint density at radius 3 is 2.55 bits per heavy atom. The van der Waals surface area contributed by atoms with E-state index in [4.69, 9.17) is 0 Å². The van der Waals surface area contributed by atoms with Gasteiger partial charge in [-0.05, 0) is 18.1 Å². The quantitative estimate of drug-likeness (QED) is 0.674. The van der Waals surface area contributed by atoms with Crippen LogP contribution in [0.15, 0.2) is 18.2 Å². The number of likely N-dealkylation sites (tertiary alicyclic amines) is 1. The summed E-state index contributed by atoms with van der Waals surface area (Å²) in [5.74, 6) is -1.47. The Morgan fingerprint density at radius 2 is 2.10 bits per heavy atom. The van der Waals surface area contributed by atoms with Gasteiger partial charge in [-0.2, -0.15) is 4.39 Å². The highest BCUT2D eigenvalue weighted by atomic mass is 19.1. The first-order chi connectivity index (χ1) is 9.24. The van der Waals surface area contributed by atoms with E-state index >= 15 is 0 Å². The Hall–Kier alpha value is -2.02. The molecule has 1 fully saturated rings. The molecule has 6 nitrogen and oxygen atoms in total. The van der Waals surface area contributed by atoms with Gasteiger partial charge in [-0.3, -0.25) is 14.9 Å². The largest absolute Gasteiger partial charge is 0.386 e. The predicted octanol–water partition coefficient (Wildman–Crippen LogP) is 1.58. The molecule has 0 aromatic heterocycles. The van der Waals surface area contributed by atoms with E-state index in [-0.39, 0.29) is 24.6 Å². The minimum absolute atomic E-state index is 0.0140. The van der Waals surface area contributed by atoms with E-state index in [1.807, 2.05) is 13.8 Å². The smallest absolute Gasteiger partial charge is 0.304 e. The number of nitro benzene ring substituents is 1. The van der Waals surface area contributed by atoms with Gasteiger partial charge >= 0.3 is 5.69 Å². The molecule has 1 heterocycles. The lowest BCUT2D eigenvalue weighted by Gasteiger charge is -2.49. The van der Waals surface area contributed by atoms with Gasteiger partial charge in [-0.15, -0.1) is 0 Å². The second-order valence-electron chi connectivity index (χ2n) is 5.34. The molecule has 1 aliphatic heterocycles. The van der Waals surface area contributed by atoms with Crippen molar-refractivity contribution in [3.63, 3.8) is 0 Å². The maximum Gasteiger partial charge on any atom is 0.304 e. The van der Waals surface area contributed by atoms with Crippen LogP contribution in [0, 0.1) is 21.8 Å². The number of amides is 1. The molecule has 108 valence electrons. The van der Waals surface area contributed by atoms with Gasteiger partial charge in [0.1, 0.15) is 5.60 Å². The van der Waals surface area contributed by atoms with Crippen molar-refractivity contribution in [2.45, 2.75) is 19.4 Å². The molecule has 0 unspecified atom stereocenters. The van der Waals surface area contributed by atoms with E-state index < -0.39 is 27.9 Å². The summed E-state index contributed by atoms with van der Waals surface area (Å²) >= 11 is 0. The summed E-state index contributed by atoms with van der Waals surface area (Å²) in [7, 11) is 0. The number of β-amino-alcohol motifs (C(OH)–C–C–N with tert-alkyl or cyclic N) is 1. The first-order valence-corrected chi connectivity index (χ1v) is 6.20. The molecule has 0 spiro atoms. The standard InChI is InChI=1S/C13H15FN2O4/c1-8(2)13(18)6-15(7-13)12(17)9-3-4-11(16(19)20)10(14)5-9/h3-5,8,18H,6-7H2,1-2H3. The summed E-state index contributed by atoms with van der Waals surface area (Å²) in [6.07, 6.45) is 0. The van der Waals surface area contributed by atoms with Crippen LogP contribution in [0.3, 0.4) is 0 Å². The summed E-state index contributed by atoms with van der Waals surface area (Å²) in [6.45, 7) is 4.07. The summed E-state index contributed by atoms with van der Waals surface area (Å²) < 4.78 is 13.5. The normalized spacial score (nSPS) is 16.9. The van der Waals surface area contributed by atoms with Crippen LogP contribution in [0.1, 0.15) is 24.2 Å². The van der Waals surface area contributed by atoms with Crippen molar-refractivity contribution in [2.24, 2.45) is 5.92 Å². The van der Waals surface area contributed by atoms with Gasteiger partial charge in [0.25, 0.3) is 5.91 Å². The molecule has 1 N–H and O–H groups in total. The maximum absolute atomic E-state index is 13.5. The Morgan fingerprint density at radius 1 is 1.50 bits per heavy atom. The third-order valence-electron chi connectivity index (χ3n) is 3.68. The van der Waals surface area contributed by atoms with E-state index in [1.54, 1.807) is 0 Å². The third-order valence-corrected chi connectivity index (χ3v) is 3.68. The van der Waals surface area contributed by atoms with Crippen LogP contribution >= 0.6 is 0 Å². The van der Waals surface area contributed by atoms with E-state index in [9.17, 15) is 24.4 Å². The molecule has 0 radical (unpaired) electrons. The second kappa shape index (κ2) is 4.82. The van der Waals surface area contributed by atoms with Crippen LogP contribution in [-0.4, -0.2) is 39.5 Å². The number of carbonyl (C=O) groups is 1. The van der Waals surface area contributed by atoms with Crippen LogP contribution in [0.25, 0.3) is 0 Å². The average Bonchev–Trinajstić information content (AvgIpc) is 2.33. The summed E-state index contributed by atoms with van der Waals surface area (Å²) in [5.41, 5.74) is -1.53. The zero-order valence-corrected chi connectivity index (χ0v) is 11.2. The number of rotatable bonds is 3. The van der Waals surface area contributed by atoms with Crippen molar-refractivity contribution in [3.8, 4) is 0 Å². The summed E-state index contributed by atoms with van der Waals surface area (Å²) in [4.78, 5) is 23.1. The lowest BCUT2D eigenvalue weighted by molar-refractivity contribution is -0.387. The number of nitro groups is 1. The number of halogens is 1. The van der Waals surface area contributed by atoms with E-state index in [0.717, 1.165) is 12.1 Å². The first kappa shape index (κ1) is 14.4. The molecule has 0 atom stereocenters. The highest BCUT2D eigenvalue weighted by Crippen LogP contribution is 2.30. The fourth-order valence-electron chi connectivity index (χ4n) is 2.09. The molecule has 20 heavy (non-hydrogen) atoms. The molecule has 1 amide bonds. The fourth-order valence-corrected chi connectivity index (χ4v) is 2.09. The molecule has 0 saturated carbocycles. The second-order valence-corrected chi connectivity index (χ2v) is 5.34. The van der Waals surface area contributed by atoms with Gasteiger partial charge in [0, 0.05) is 11.6 Å². The van der Waals surface area contributed by atoms with Gasteiger partial charge in [-0.1, -0.05) is 13.8 Å². The van der Waals surface area contributed by atoms with Crippen molar-refractivity contribution >= 4 is 11.6 Å². The number of nitrogens with zero attached hydrogens (tertiary/aromatic N) is 2. The monoisotopic (exact) mass is 282 g/mol. The molecular weight excluding hydrogens is 267 g/mol. The van der Waals surface area contributed by atoms with Crippen molar-refractivity contribution in [3.05, 3.63) is 39.7 Å². The number of aliphatic hydroxyl groups is 1. The molecule has 2 rings (SSSR count). The van der Waals surface area contributed by atoms with Crippen LogP contribution in [-0.2, 0) is 0 Å². The molecule has 1 aromatic rings.